The van der Waals surface area contributed by atoms with Crippen LogP contribution in [0.3, 0.4) is 0 Å². The van der Waals surface area contributed by atoms with Gasteiger partial charge < -0.3 is 0 Å². The fourth-order valence-corrected chi connectivity index (χ4v) is 2.07. The summed E-state index contributed by atoms with van der Waals surface area (Å²) < 4.78 is 0. The first-order valence-electron chi connectivity index (χ1n) is 3.33. The maximum absolute atomic E-state index is 2.36. The van der Waals surface area contributed by atoms with Crippen molar-refractivity contribution < 1.29 is 21.7 Å². The van der Waals surface area contributed by atoms with Gasteiger partial charge in [-0.15, -0.1) is 0 Å². The molecule has 0 aliphatic rings. The van der Waals surface area contributed by atoms with E-state index in [4.69, 9.17) is 0 Å². The fourth-order valence-electron chi connectivity index (χ4n) is 0.874. The second-order valence-corrected chi connectivity index (χ2v) is 8.50. The van der Waals surface area contributed by atoms with E-state index < -0.39 is 8.07 Å². The zero-order chi connectivity index (χ0) is 6.91. The van der Waals surface area contributed by atoms with Crippen LogP contribution in [0.2, 0.25) is 19.6 Å². The van der Waals surface area contributed by atoms with Crippen molar-refractivity contribution in [3.05, 3.63) is 24.3 Å². The Balaban J connectivity index is 0.000000810. The Morgan fingerprint density at radius 2 is 1.40 bits per heavy atom. The molecule has 0 fully saturated rings. The molecular formula is C8H13SiTi-. The van der Waals surface area contributed by atoms with Crippen LogP contribution in [-0.4, -0.2) is 8.07 Å². The minimum Gasteiger partial charge on any atom is -0.214 e. The van der Waals surface area contributed by atoms with Gasteiger partial charge in [-0.2, -0.15) is 17.3 Å². The fraction of sp³-hybridized carbons (Fsp3) is 0.375. The Kier molecular flexibility index (Phi) is 3.71. The van der Waals surface area contributed by atoms with Crippen molar-refractivity contribution in [3.8, 4) is 0 Å². The Morgan fingerprint density at radius 1 is 1.00 bits per heavy atom. The third-order valence-electron chi connectivity index (χ3n) is 1.53. The predicted octanol–water partition coefficient (Wildman–Crippen LogP) is 1.95. The van der Waals surface area contributed by atoms with E-state index in [1.807, 2.05) is 0 Å². The molecule has 0 aliphatic carbocycles. The van der Waals surface area contributed by atoms with Gasteiger partial charge in [0.2, 0.25) is 0 Å². The standard InChI is InChI=1S/C8H13Si.Ti/c1-9(2,3)8-6-4-5-7-8;/h4-7H,1-3H3;/q-1;. The summed E-state index contributed by atoms with van der Waals surface area (Å²) in [6.07, 6.45) is 0. The first-order valence-corrected chi connectivity index (χ1v) is 6.83. The molecule has 0 saturated carbocycles. The van der Waals surface area contributed by atoms with Gasteiger partial charge in [-0.05, 0) is 0 Å². The maximum atomic E-state index is 2.36. The molecule has 0 bridgehead atoms. The van der Waals surface area contributed by atoms with Crippen molar-refractivity contribution in [2.75, 3.05) is 0 Å². The molecular weight excluding hydrogens is 172 g/mol. The monoisotopic (exact) mass is 185 g/mol. The topological polar surface area (TPSA) is 0 Å². The van der Waals surface area contributed by atoms with Crippen LogP contribution >= 0.6 is 0 Å². The van der Waals surface area contributed by atoms with E-state index in [-0.39, 0.29) is 21.7 Å². The van der Waals surface area contributed by atoms with E-state index in [0.29, 0.717) is 0 Å². The summed E-state index contributed by atoms with van der Waals surface area (Å²) >= 11 is 0. The van der Waals surface area contributed by atoms with Crippen LogP contribution in [0.15, 0.2) is 24.3 Å². The molecule has 0 aliphatic heterocycles. The van der Waals surface area contributed by atoms with Gasteiger partial charge >= 0.3 is 0 Å². The summed E-state index contributed by atoms with van der Waals surface area (Å²) in [6, 6.07) is 8.69. The molecule has 0 aromatic heterocycles. The quantitative estimate of drug-likeness (QED) is 0.463. The van der Waals surface area contributed by atoms with Gasteiger partial charge in [0, 0.05) is 29.8 Å². The Bertz CT molecular complexity index is 172. The summed E-state index contributed by atoms with van der Waals surface area (Å²) in [6.45, 7) is 7.09. The number of hydrogen-bond acceptors (Lipinski definition) is 0. The summed E-state index contributed by atoms with van der Waals surface area (Å²) in [5.74, 6) is 0. The van der Waals surface area contributed by atoms with Gasteiger partial charge in [0.15, 0.2) is 0 Å². The SMILES string of the molecule is C[Si](C)(C)[c-]1cccc1.[Ti]. The Labute approximate surface area is 78.9 Å². The molecule has 54 valence electrons. The summed E-state index contributed by atoms with van der Waals surface area (Å²) in [5, 5.41) is 1.56. The van der Waals surface area contributed by atoms with E-state index in [1.165, 1.54) is 0 Å². The first-order chi connectivity index (χ1) is 4.11. The Hall–Kier alpha value is 0.281. The van der Waals surface area contributed by atoms with Gasteiger partial charge in [-0.1, -0.05) is 19.6 Å². The largest absolute Gasteiger partial charge is 0.214 e. The zero-order valence-electron chi connectivity index (χ0n) is 6.81. The van der Waals surface area contributed by atoms with E-state index in [1.54, 1.807) is 5.19 Å². The van der Waals surface area contributed by atoms with Crippen LogP contribution in [0.4, 0.5) is 0 Å². The maximum Gasteiger partial charge on any atom is 0.0147 e. The molecule has 0 unspecified atom stereocenters. The van der Waals surface area contributed by atoms with Crippen LogP contribution in [0.1, 0.15) is 0 Å². The van der Waals surface area contributed by atoms with Crippen molar-refractivity contribution in [1.29, 1.82) is 0 Å². The van der Waals surface area contributed by atoms with E-state index in [9.17, 15) is 0 Å². The molecule has 1 aromatic carbocycles. The van der Waals surface area contributed by atoms with E-state index in [0.717, 1.165) is 0 Å². The van der Waals surface area contributed by atoms with E-state index >= 15 is 0 Å². The van der Waals surface area contributed by atoms with Crippen molar-refractivity contribution in [2.24, 2.45) is 0 Å². The second-order valence-electron chi connectivity index (χ2n) is 3.42. The third kappa shape index (κ3) is 2.49. The molecule has 1 rings (SSSR count). The van der Waals surface area contributed by atoms with Crippen LogP contribution in [-0.2, 0) is 21.7 Å². The first kappa shape index (κ1) is 10.3. The normalized spacial score (nSPS) is 10.7. The Morgan fingerprint density at radius 3 is 1.60 bits per heavy atom. The predicted molar refractivity (Wildman–Crippen MR) is 45.0 cm³/mol. The minimum absolute atomic E-state index is 0. The van der Waals surface area contributed by atoms with Crippen LogP contribution in [0, 0.1) is 0 Å². The van der Waals surface area contributed by atoms with Crippen molar-refractivity contribution in [2.45, 2.75) is 19.6 Å². The molecule has 0 amide bonds. The molecule has 0 heterocycles. The molecule has 1 aromatic rings. The number of hydrogen-bond donors (Lipinski definition) is 0. The van der Waals surface area contributed by atoms with Crippen LogP contribution < -0.4 is 5.19 Å². The van der Waals surface area contributed by atoms with Gasteiger partial charge in [0.05, 0.1) is 0 Å². The van der Waals surface area contributed by atoms with Crippen LogP contribution in [0.25, 0.3) is 0 Å². The molecule has 0 N–H and O–H groups in total. The minimum atomic E-state index is -0.981. The van der Waals surface area contributed by atoms with E-state index in [2.05, 4.69) is 43.9 Å². The second kappa shape index (κ2) is 3.61. The smallest absolute Gasteiger partial charge is 0.0147 e. The molecule has 0 spiro atoms. The van der Waals surface area contributed by atoms with Gasteiger partial charge in [-0.3, -0.25) is 0 Å². The van der Waals surface area contributed by atoms with Crippen molar-refractivity contribution in [3.63, 3.8) is 0 Å². The van der Waals surface area contributed by atoms with Gasteiger partial charge in [-0.25, -0.2) is 12.1 Å². The molecule has 0 radical (unpaired) electrons. The summed E-state index contributed by atoms with van der Waals surface area (Å²) in [5.41, 5.74) is 0. The summed E-state index contributed by atoms with van der Waals surface area (Å²) in [4.78, 5) is 0. The zero-order valence-corrected chi connectivity index (χ0v) is 9.37. The van der Waals surface area contributed by atoms with Gasteiger partial charge in [0.25, 0.3) is 0 Å². The third-order valence-corrected chi connectivity index (χ3v) is 3.59. The molecule has 10 heavy (non-hydrogen) atoms. The number of rotatable bonds is 1. The summed E-state index contributed by atoms with van der Waals surface area (Å²) in [7, 11) is -0.981. The molecule has 0 saturated heterocycles. The van der Waals surface area contributed by atoms with Crippen LogP contribution in [0.5, 0.6) is 0 Å². The average molecular weight is 185 g/mol. The molecule has 0 nitrogen and oxygen atoms in total. The molecule has 2 heteroatoms. The average Bonchev–Trinajstić information content (AvgIpc) is 2.08. The molecule has 0 atom stereocenters. The van der Waals surface area contributed by atoms with Crippen molar-refractivity contribution >= 4 is 13.3 Å². The van der Waals surface area contributed by atoms with Crippen molar-refractivity contribution in [1.82, 2.24) is 0 Å². The van der Waals surface area contributed by atoms with Gasteiger partial charge in [0.1, 0.15) is 0 Å².